The first-order chi connectivity index (χ1) is 13.5. The minimum absolute atomic E-state index is 0.147. The number of carbonyl (C=O) groups is 2. The fourth-order valence-electron chi connectivity index (χ4n) is 3.33. The number of amides is 2. The van der Waals surface area contributed by atoms with Gasteiger partial charge < -0.3 is 15.4 Å². The molecule has 1 fully saturated rings. The fourth-order valence-corrected chi connectivity index (χ4v) is 3.45. The number of hydrogen-bond donors (Lipinski definition) is 1. The third kappa shape index (κ3) is 5.71. The highest BCUT2D eigenvalue weighted by Gasteiger charge is 2.31. The molecule has 0 spiro atoms. The van der Waals surface area contributed by atoms with E-state index in [0.29, 0.717) is 31.2 Å². The lowest BCUT2D eigenvalue weighted by molar-refractivity contribution is -0.119. The van der Waals surface area contributed by atoms with E-state index in [-0.39, 0.29) is 31.1 Å². The molecular formula is C21H24ClN3O3. The molecule has 0 bridgehead atoms. The van der Waals surface area contributed by atoms with Crippen molar-refractivity contribution in [2.45, 2.75) is 25.6 Å². The molecule has 1 saturated heterocycles. The summed E-state index contributed by atoms with van der Waals surface area (Å²) in [6, 6.07) is 17.0. The van der Waals surface area contributed by atoms with E-state index in [0.717, 1.165) is 11.1 Å². The summed E-state index contributed by atoms with van der Waals surface area (Å²) < 4.78 is 5.43. The molecule has 1 heterocycles. The summed E-state index contributed by atoms with van der Waals surface area (Å²) in [5.74, 6) is -0.384. The Morgan fingerprint density at radius 3 is 2.43 bits per heavy atom. The van der Waals surface area contributed by atoms with Crippen molar-refractivity contribution in [3.05, 3.63) is 70.7 Å². The molecule has 1 unspecified atom stereocenters. The van der Waals surface area contributed by atoms with Gasteiger partial charge in [-0.3, -0.25) is 9.69 Å². The van der Waals surface area contributed by atoms with Crippen LogP contribution in [0.25, 0.3) is 0 Å². The van der Waals surface area contributed by atoms with Gasteiger partial charge in [0.2, 0.25) is 5.91 Å². The Morgan fingerprint density at radius 1 is 1.04 bits per heavy atom. The highest BCUT2D eigenvalue weighted by atomic mass is 35.5. The van der Waals surface area contributed by atoms with Crippen molar-refractivity contribution in [3.8, 4) is 0 Å². The van der Waals surface area contributed by atoms with Crippen LogP contribution in [0, 0.1) is 0 Å². The molecule has 6 nitrogen and oxygen atoms in total. The SMILES string of the molecule is NC(=O)CC1CN(C(=O)OCc2ccccc2)CCN1Cc1ccc(Cl)cc1. The summed E-state index contributed by atoms with van der Waals surface area (Å²) in [6.07, 6.45) is -0.180. The summed E-state index contributed by atoms with van der Waals surface area (Å²) in [6.45, 7) is 2.48. The first-order valence-corrected chi connectivity index (χ1v) is 9.61. The zero-order chi connectivity index (χ0) is 19.9. The maximum Gasteiger partial charge on any atom is 0.410 e. The Bertz CT molecular complexity index is 798. The Balaban J connectivity index is 1.60. The van der Waals surface area contributed by atoms with Crippen LogP contribution in [-0.4, -0.2) is 47.5 Å². The Morgan fingerprint density at radius 2 is 1.75 bits per heavy atom. The molecule has 148 valence electrons. The van der Waals surface area contributed by atoms with Crippen molar-refractivity contribution < 1.29 is 14.3 Å². The van der Waals surface area contributed by atoms with E-state index >= 15 is 0 Å². The number of halogens is 1. The number of primary amides is 1. The summed E-state index contributed by atoms with van der Waals surface area (Å²) in [7, 11) is 0. The standard InChI is InChI=1S/C21H24ClN3O3/c22-18-8-6-16(7-9-18)13-24-10-11-25(14-19(24)12-20(23)26)21(27)28-15-17-4-2-1-3-5-17/h1-9,19H,10-15H2,(H2,23,26). The number of nitrogens with zero attached hydrogens (tertiary/aromatic N) is 2. The largest absolute Gasteiger partial charge is 0.445 e. The summed E-state index contributed by atoms with van der Waals surface area (Å²) in [5.41, 5.74) is 7.47. The van der Waals surface area contributed by atoms with Crippen LogP contribution in [0.1, 0.15) is 17.5 Å². The number of piperazine rings is 1. The van der Waals surface area contributed by atoms with Gasteiger partial charge in [0.05, 0.1) is 0 Å². The minimum atomic E-state index is -0.384. The van der Waals surface area contributed by atoms with Crippen LogP contribution in [0.2, 0.25) is 5.02 Å². The maximum atomic E-state index is 12.5. The number of rotatable bonds is 6. The van der Waals surface area contributed by atoms with Gasteiger partial charge in [0.25, 0.3) is 0 Å². The molecule has 1 aliphatic heterocycles. The fraction of sp³-hybridized carbons (Fsp3) is 0.333. The number of nitrogens with two attached hydrogens (primary N) is 1. The van der Waals surface area contributed by atoms with Gasteiger partial charge in [0.1, 0.15) is 6.61 Å². The van der Waals surface area contributed by atoms with Gasteiger partial charge in [0, 0.05) is 43.7 Å². The molecule has 0 aliphatic carbocycles. The van der Waals surface area contributed by atoms with Crippen LogP contribution in [0.4, 0.5) is 4.79 Å². The molecule has 1 atom stereocenters. The molecule has 2 aromatic carbocycles. The van der Waals surface area contributed by atoms with Gasteiger partial charge in [0.15, 0.2) is 0 Å². The molecule has 0 radical (unpaired) electrons. The van der Waals surface area contributed by atoms with Crippen molar-refractivity contribution in [1.82, 2.24) is 9.80 Å². The average Bonchev–Trinajstić information content (AvgIpc) is 2.69. The lowest BCUT2D eigenvalue weighted by atomic mass is 10.1. The predicted octanol–water partition coefficient (Wildman–Crippen LogP) is 3.04. The number of hydrogen-bond acceptors (Lipinski definition) is 4. The van der Waals surface area contributed by atoms with Gasteiger partial charge in [-0.05, 0) is 23.3 Å². The summed E-state index contributed by atoms with van der Waals surface area (Å²) >= 11 is 5.95. The highest BCUT2D eigenvalue weighted by molar-refractivity contribution is 6.30. The molecule has 2 amide bonds. The van der Waals surface area contributed by atoms with Crippen molar-refractivity contribution in [1.29, 1.82) is 0 Å². The van der Waals surface area contributed by atoms with Crippen LogP contribution in [0.15, 0.2) is 54.6 Å². The molecule has 0 saturated carbocycles. The van der Waals surface area contributed by atoms with Crippen molar-refractivity contribution in [3.63, 3.8) is 0 Å². The molecule has 7 heteroatoms. The molecule has 2 N–H and O–H groups in total. The first-order valence-electron chi connectivity index (χ1n) is 9.23. The van der Waals surface area contributed by atoms with Gasteiger partial charge in [-0.1, -0.05) is 54.1 Å². The van der Waals surface area contributed by atoms with E-state index in [9.17, 15) is 9.59 Å². The van der Waals surface area contributed by atoms with Crippen molar-refractivity contribution in [2.75, 3.05) is 19.6 Å². The number of carbonyl (C=O) groups excluding carboxylic acids is 2. The van der Waals surface area contributed by atoms with E-state index in [1.54, 1.807) is 4.90 Å². The van der Waals surface area contributed by atoms with E-state index in [1.165, 1.54) is 0 Å². The van der Waals surface area contributed by atoms with Gasteiger partial charge >= 0.3 is 6.09 Å². The topological polar surface area (TPSA) is 75.9 Å². The summed E-state index contributed by atoms with van der Waals surface area (Å²) in [5, 5.41) is 0.684. The van der Waals surface area contributed by atoms with Crippen LogP contribution in [0.5, 0.6) is 0 Å². The number of benzene rings is 2. The molecule has 28 heavy (non-hydrogen) atoms. The Kier molecular flexibility index (Phi) is 6.90. The zero-order valence-electron chi connectivity index (χ0n) is 15.6. The quantitative estimate of drug-likeness (QED) is 0.807. The first kappa shape index (κ1) is 20.2. The van der Waals surface area contributed by atoms with Crippen LogP contribution < -0.4 is 5.73 Å². The second kappa shape index (κ2) is 9.57. The molecule has 3 rings (SSSR count). The second-order valence-electron chi connectivity index (χ2n) is 6.91. The lowest BCUT2D eigenvalue weighted by Gasteiger charge is -2.40. The van der Waals surface area contributed by atoms with E-state index in [1.807, 2.05) is 54.6 Å². The molecule has 1 aliphatic rings. The zero-order valence-corrected chi connectivity index (χ0v) is 16.3. The average molecular weight is 402 g/mol. The van der Waals surface area contributed by atoms with Gasteiger partial charge in [-0.2, -0.15) is 0 Å². The Labute approximate surface area is 169 Å². The second-order valence-corrected chi connectivity index (χ2v) is 7.34. The maximum absolute atomic E-state index is 12.5. The van der Waals surface area contributed by atoms with E-state index in [4.69, 9.17) is 22.1 Å². The highest BCUT2D eigenvalue weighted by Crippen LogP contribution is 2.19. The van der Waals surface area contributed by atoms with Gasteiger partial charge in [-0.15, -0.1) is 0 Å². The van der Waals surface area contributed by atoms with E-state index < -0.39 is 0 Å². The van der Waals surface area contributed by atoms with Crippen LogP contribution in [0.3, 0.4) is 0 Å². The van der Waals surface area contributed by atoms with Crippen molar-refractivity contribution in [2.24, 2.45) is 5.73 Å². The molecule has 2 aromatic rings. The number of ether oxygens (including phenoxy) is 1. The summed E-state index contributed by atoms with van der Waals surface area (Å²) in [4.78, 5) is 27.8. The predicted molar refractivity (Wildman–Crippen MR) is 108 cm³/mol. The smallest absolute Gasteiger partial charge is 0.410 e. The van der Waals surface area contributed by atoms with Crippen LogP contribution >= 0.6 is 11.6 Å². The van der Waals surface area contributed by atoms with Crippen molar-refractivity contribution >= 4 is 23.6 Å². The monoisotopic (exact) mass is 401 g/mol. The lowest BCUT2D eigenvalue weighted by Crippen LogP contribution is -2.55. The van der Waals surface area contributed by atoms with E-state index in [2.05, 4.69) is 4.90 Å². The minimum Gasteiger partial charge on any atom is -0.445 e. The molecule has 0 aromatic heterocycles. The third-order valence-electron chi connectivity index (χ3n) is 4.80. The third-order valence-corrected chi connectivity index (χ3v) is 5.06. The van der Waals surface area contributed by atoms with Gasteiger partial charge in [-0.25, -0.2) is 4.79 Å². The molecular weight excluding hydrogens is 378 g/mol. The Hall–Kier alpha value is -2.57. The normalized spacial score (nSPS) is 17.3. The van der Waals surface area contributed by atoms with Crippen LogP contribution in [-0.2, 0) is 22.7 Å².